The number of ether oxygens (including phenoxy) is 1. The number of phenols is 1. The van der Waals surface area contributed by atoms with Gasteiger partial charge in [0.2, 0.25) is 0 Å². The van der Waals surface area contributed by atoms with Crippen LogP contribution in [-0.4, -0.2) is 33.0 Å². The number of nitrogens with two attached hydrogens (primary N) is 1. The molecule has 0 atom stereocenters. The minimum Gasteiger partial charge on any atom is -0.497 e. The number of anilines is 1. The van der Waals surface area contributed by atoms with Gasteiger partial charge in [0.25, 0.3) is 11.4 Å². The minimum absolute atomic E-state index is 0.400. The summed E-state index contributed by atoms with van der Waals surface area (Å²) in [6, 6.07) is 7.68. The first-order valence-corrected chi connectivity index (χ1v) is 6.83. The molecule has 3 N–H and O–H groups in total. The smallest absolute Gasteiger partial charge is 0.339 e. The Labute approximate surface area is 150 Å². The van der Waals surface area contributed by atoms with Gasteiger partial charge in [-0.3, -0.25) is 30.3 Å². The Morgan fingerprint density at radius 1 is 1.00 bits per heavy atom. The SMILES string of the molecule is COC(=O)c1ccccc1N.O=[N+]([O-])c1cc([N+](=O)[O-])c(O)c([N+](=O)[O-])c1. The maximum absolute atomic E-state index is 10.9. The second kappa shape index (κ2) is 8.70. The summed E-state index contributed by atoms with van der Waals surface area (Å²) in [6.45, 7) is 0. The number of rotatable bonds is 4. The summed E-state index contributed by atoms with van der Waals surface area (Å²) in [4.78, 5) is 38.7. The van der Waals surface area contributed by atoms with Crippen LogP contribution in [0.15, 0.2) is 36.4 Å². The van der Waals surface area contributed by atoms with Gasteiger partial charge in [0.1, 0.15) is 0 Å². The second-order valence-corrected chi connectivity index (χ2v) is 4.68. The Morgan fingerprint density at radius 2 is 1.48 bits per heavy atom. The first kappa shape index (κ1) is 20.8. The summed E-state index contributed by atoms with van der Waals surface area (Å²) in [7, 11) is 1.33. The fraction of sp³-hybridized carbons (Fsp3) is 0.0714. The zero-order chi connectivity index (χ0) is 20.7. The Hall–Kier alpha value is -4.29. The van der Waals surface area contributed by atoms with E-state index >= 15 is 0 Å². The van der Waals surface area contributed by atoms with Gasteiger partial charge in [-0.2, -0.15) is 0 Å². The van der Waals surface area contributed by atoms with Gasteiger partial charge < -0.3 is 15.6 Å². The zero-order valence-corrected chi connectivity index (χ0v) is 13.6. The highest BCUT2D eigenvalue weighted by molar-refractivity contribution is 5.94. The molecule has 0 heterocycles. The normalized spacial score (nSPS) is 9.52. The first-order valence-electron chi connectivity index (χ1n) is 6.83. The lowest BCUT2D eigenvalue weighted by Gasteiger charge is -2.00. The van der Waals surface area contributed by atoms with Crippen LogP contribution in [0.1, 0.15) is 10.4 Å². The molecule has 13 heteroatoms. The van der Waals surface area contributed by atoms with E-state index in [1.54, 1.807) is 24.3 Å². The quantitative estimate of drug-likeness (QED) is 0.342. The lowest BCUT2D eigenvalue weighted by atomic mass is 10.2. The number of nitro groups is 3. The number of phenolic OH excluding ortho intramolecular Hbond substituents is 1. The molecule has 0 aromatic heterocycles. The van der Waals surface area contributed by atoms with E-state index < -0.39 is 43.6 Å². The van der Waals surface area contributed by atoms with Crippen LogP contribution in [0.25, 0.3) is 0 Å². The molecule has 27 heavy (non-hydrogen) atoms. The third kappa shape index (κ3) is 5.09. The molecule has 0 aliphatic rings. The Kier molecular flexibility index (Phi) is 6.69. The number of hydrogen-bond donors (Lipinski definition) is 2. The van der Waals surface area contributed by atoms with Crippen LogP contribution in [0, 0.1) is 30.3 Å². The van der Waals surface area contributed by atoms with Gasteiger partial charge in [-0.1, -0.05) is 12.1 Å². The van der Waals surface area contributed by atoms with Crippen LogP contribution in [0.3, 0.4) is 0 Å². The Bertz CT molecular complexity index is 878. The van der Waals surface area contributed by atoms with Crippen LogP contribution in [0.5, 0.6) is 5.75 Å². The van der Waals surface area contributed by atoms with Gasteiger partial charge in [0, 0.05) is 5.69 Å². The molecule has 0 spiro atoms. The average Bonchev–Trinajstić information content (AvgIpc) is 2.61. The Morgan fingerprint density at radius 3 is 1.85 bits per heavy atom. The predicted molar refractivity (Wildman–Crippen MR) is 90.3 cm³/mol. The van der Waals surface area contributed by atoms with Crippen molar-refractivity contribution in [2.24, 2.45) is 0 Å². The molecule has 0 fully saturated rings. The highest BCUT2D eigenvalue weighted by atomic mass is 16.6. The van der Waals surface area contributed by atoms with Gasteiger partial charge in [0.05, 0.1) is 39.6 Å². The molecule has 0 amide bonds. The van der Waals surface area contributed by atoms with Crippen molar-refractivity contribution >= 4 is 28.7 Å². The molecule has 13 nitrogen and oxygen atoms in total. The number of hydrogen-bond acceptors (Lipinski definition) is 10. The number of nitrogens with zero attached hydrogens (tertiary/aromatic N) is 3. The van der Waals surface area contributed by atoms with E-state index in [1.165, 1.54) is 7.11 Å². The Balaban J connectivity index is 0.000000289. The third-order valence-electron chi connectivity index (χ3n) is 3.02. The summed E-state index contributed by atoms with van der Waals surface area (Å²) in [5.74, 6) is -1.61. The number of para-hydroxylation sites is 1. The van der Waals surface area contributed by atoms with Crippen LogP contribution in [0.4, 0.5) is 22.7 Å². The molecule has 0 bridgehead atoms. The monoisotopic (exact) mass is 380 g/mol. The van der Waals surface area contributed by atoms with Gasteiger partial charge in [-0.15, -0.1) is 0 Å². The minimum atomic E-state index is -1.21. The van der Waals surface area contributed by atoms with E-state index in [1.807, 2.05) is 0 Å². The molecule has 0 aliphatic heterocycles. The van der Waals surface area contributed by atoms with Crippen molar-refractivity contribution in [2.45, 2.75) is 0 Å². The average molecular weight is 380 g/mol. The van der Waals surface area contributed by atoms with Crippen LogP contribution in [-0.2, 0) is 4.74 Å². The third-order valence-corrected chi connectivity index (χ3v) is 3.02. The molecule has 0 radical (unpaired) electrons. The first-order chi connectivity index (χ1) is 12.6. The van der Waals surface area contributed by atoms with E-state index in [9.17, 15) is 35.1 Å². The van der Waals surface area contributed by atoms with Crippen LogP contribution >= 0.6 is 0 Å². The van der Waals surface area contributed by atoms with E-state index in [0.29, 0.717) is 23.4 Å². The number of nitro benzene ring substituents is 3. The van der Waals surface area contributed by atoms with E-state index in [2.05, 4.69) is 4.74 Å². The number of benzene rings is 2. The van der Waals surface area contributed by atoms with Crippen molar-refractivity contribution in [3.05, 3.63) is 72.3 Å². The summed E-state index contributed by atoms with van der Waals surface area (Å²) in [5.41, 5.74) is 3.35. The molecule has 2 aromatic carbocycles. The van der Waals surface area contributed by atoms with Gasteiger partial charge in [-0.05, 0) is 12.1 Å². The number of non-ortho nitro benzene ring substituents is 1. The van der Waals surface area contributed by atoms with Crippen molar-refractivity contribution in [2.75, 3.05) is 12.8 Å². The van der Waals surface area contributed by atoms with Gasteiger partial charge >= 0.3 is 17.3 Å². The number of carbonyl (C=O) groups excluding carboxylic acids is 1. The molecule has 0 aliphatic carbocycles. The highest BCUT2D eigenvalue weighted by Gasteiger charge is 2.30. The van der Waals surface area contributed by atoms with E-state index in [4.69, 9.17) is 10.8 Å². The highest BCUT2D eigenvalue weighted by Crippen LogP contribution is 2.38. The topological polar surface area (TPSA) is 202 Å². The largest absolute Gasteiger partial charge is 0.497 e. The van der Waals surface area contributed by atoms with Gasteiger partial charge in [-0.25, -0.2) is 4.79 Å². The van der Waals surface area contributed by atoms with E-state index in [0.717, 1.165) is 0 Å². The maximum atomic E-state index is 10.9. The van der Waals surface area contributed by atoms with E-state index in [-0.39, 0.29) is 0 Å². The standard InChI is InChI=1S/C8H9NO2.C6H3N3O7/c1-11-8(10)6-4-2-3-5-7(6)9;10-6-4(8(13)14)1-3(7(11)12)2-5(6)9(15)16/h2-5H,9H2,1H3;1-2,10H. The van der Waals surface area contributed by atoms with Crippen molar-refractivity contribution in [3.63, 3.8) is 0 Å². The molecule has 142 valence electrons. The van der Waals surface area contributed by atoms with Crippen molar-refractivity contribution < 1.29 is 29.4 Å². The lowest BCUT2D eigenvalue weighted by Crippen LogP contribution is -2.04. The summed E-state index contributed by atoms with van der Waals surface area (Å²) in [6.07, 6.45) is 0. The maximum Gasteiger partial charge on any atom is 0.339 e. The number of aromatic hydroxyl groups is 1. The summed E-state index contributed by atoms with van der Waals surface area (Å²) >= 11 is 0. The zero-order valence-electron chi connectivity index (χ0n) is 13.6. The molecule has 2 aromatic rings. The number of carbonyl (C=O) groups is 1. The molecule has 0 saturated heterocycles. The summed E-state index contributed by atoms with van der Waals surface area (Å²) < 4.78 is 4.50. The van der Waals surface area contributed by atoms with Crippen molar-refractivity contribution in [1.82, 2.24) is 0 Å². The lowest BCUT2D eigenvalue weighted by molar-refractivity contribution is -0.404. The van der Waals surface area contributed by atoms with Crippen LogP contribution < -0.4 is 5.73 Å². The molecule has 0 saturated carbocycles. The summed E-state index contributed by atoms with van der Waals surface area (Å²) in [5, 5.41) is 40.2. The molecular formula is C14H12N4O9. The fourth-order valence-corrected chi connectivity index (χ4v) is 1.77. The fourth-order valence-electron chi connectivity index (χ4n) is 1.77. The van der Waals surface area contributed by atoms with Gasteiger partial charge in [0.15, 0.2) is 0 Å². The van der Waals surface area contributed by atoms with Crippen molar-refractivity contribution in [3.8, 4) is 5.75 Å². The molecule has 0 unspecified atom stereocenters. The second-order valence-electron chi connectivity index (χ2n) is 4.68. The number of nitrogen functional groups attached to an aromatic ring is 1. The molecular weight excluding hydrogens is 368 g/mol. The van der Waals surface area contributed by atoms with Crippen molar-refractivity contribution in [1.29, 1.82) is 0 Å². The van der Waals surface area contributed by atoms with Crippen LogP contribution in [0.2, 0.25) is 0 Å². The molecule has 2 rings (SSSR count). The number of esters is 1. The predicted octanol–water partition coefficient (Wildman–Crippen LogP) is 2.17. The number of methoxy groups -OCH3 is 1.